The van der Waals surface area contributed by atoms with Gasteiger partial charge in [-0.3, -0.25) is 0 Å². The molecule has 0 fully saturated rings. The Labute approximate surface area is 64.5 Å². The minimum absolute atomic E-state index is 0.562. The molecule has 0 aliphatic rings. The van der Waals surface area contributed by atoms with Crippen molar-refractivity contribution in [1.29, 1.82) is 0 Å². The van der Waals surface area contributed by atoms with E-state index in [0.29, 0.717) is 13.2 Å². The Morgan fingerprint density at radius 2 is 2.00 bits per heavy atom. The fourth-order valence-corrected chi connectivity index (χ4v) is 0.498. The van der Waals surface area contributed by atoms with Gasteiger partial charge in [-0.05, 0) is 6.92 Å². The first-order valence-electron chi connectivity index (χ1n) is 2.68. The van der Waals surface area contributed by atoms with Crippen LogP contribution in [0.2, 0.25) is 0 Å². The lowest BCUT2D eigenvalue weighted by molar-refractivity contribution is 0.186. The maximum absolute atomic E-state index is 5.11. The van der Waals surface area contributed by atoms with Crippen molar-refractivity contribution in [3.05, 3.63) is 23.2 Å². The summed E-state index contributed by atoms with van der Waals surface area (Å²) in [5.41, 5.74) is 1.03. The summed E-state index contributed by atoms with van der Waals surface area (Å²) in [6.45, 7) is 10.4. The predicted octanol–water partition coefficient (Wildman–Crippen LogP) is 2.49. The van der Waals surface area contributed by atoms with E-state index in [9.17, 15) is 0 Å². The first-order valence-corrected chi connectivity index (χ1v) is 3.47. The van der Waals surface area contributed by atoms with Crippen molar-refractivity contribution < 1.29 is 4.74 Å². The number of hydrogen-bond donors (Lipinski definition) is 0. The lowest BCUT2D eigenvalue weighted by Crippen LogP contribution is -1.95. The molecule has 0 aromatic rings. The lowest BCUT2D eigenvalue weighted by Gasteiger charge is -1.99. The molecule has 0 amide bonds. The highest BCUT2D eigenvalue weighted by Crippen LogP contribution is 2.00. The summed E-state index contributed by atoms with van der Waals surface area (Å²) in [5.74, 6) is 0. The molecule has 0 rings (SSSR count). The van der Waals surface area contributed by atoms with Gasteiger partial charge in [0.05, 0.1) is 13.2 Å². The van der Waals surface area contributed by atoms with Crippen LogP contribution in [0, 0.1) is 0 Å². The van der Waals surface area contributed by atoms with E-state index in [-0.39, 0.29) is 0 Å². The quantitative estimate of drug-likeness (QED) is 0.620. The molecule has 2 heteroatoms. The summed E-state index contributed by atoms with van der Waals surface area (Å²) in [7, 11) is 0. The van der Waals surface area contributed by atoms with Gasteiger partial charge in [0.2, 0.25) is 0 Å². The van der Waals surface area contributed by atoms with Crippen LogP contribution in [0.15, 0.2) is 23.2 Å². The highest BCUT2D eigenvalue weighted by molar-refractivity contribution is 9.11. The number of ether oxygens (including phenoxy) is 1. The zero-order valence-corrected chi connectivity index (χ0v) is 7.20. The van der Waals surface area contributed by atoms with Crippen molar-refractivity contribution >= 4 is 15.9 Å². The first-order chi connectivity index (χ1) is 4.13. The zero-order chi connectivity index (χ0) is 7.28. The van der Waals surface area contributed by atoms with Crippen molar-refractivity contribution in [2.45, 2.75) is 6.92 Å². The van der Waals surface area contributed by atoms with Gasteiger partial charge in [0.25, 0.3) is 0 Å². The minimum Gasteiger partial charge on any atom is -0.372 e. The molecule has 0 atom stereocenters. The van der Waals surface area contributed by atoms with Crippen LogP contribution in [-0.4, -0.2) is 13.2 Å². The van der Waals surface area contributed by atoms with E-state index in [4.69, 9.17) is 4.74 Å². The fourth-order valence-electron chi connectivity index (χ4n) is 0.336. The Kier molecular flexibility index (Phi) is 4.72. The summed E-state index contributed by atoms with van der Waals surface area (Å²) in [5, 5.41) is 0. The molecule has 0 saturated carbocycles. The molecule has 0 spiro atoms. The van der Waals surface area contributed by atoms with E-state index in [0.717, 1.165) is 10.1 Å². The van der Waals surface area contributed by atoms with E-state index in [1.807, 2.05) is 6.92 Å². The molecule has 0 saturated heterocycles. The lowest BCUT2D eigenvalue weighted by atomic mass is 10.4. The van der Waals surface area contributed by atoms with Gasteiger partial charge < -0.3 is 4.74 Å². The zero-order valence-electron chi connectivity index (χ0n) is 5.61. The summed E-state index contributed by atoms with van der Waals surface area (Å²) < 4.78 is 5.98. The molecule has 9 heavy (non-hydrogen) atoms. The number of hydrogen-bond acceptors (Lipinski definition) is 1. The van der Waals surface area contributed by atoms with Crippen molar-refractivity contribution in [3.8, 4) is 0 Å². The van der Waals surface area contributed by atoms with E-state index in [1.165, 1.54) is 0 Å². The minimum atomic E-state index is 0.562. The molecule has 0 N–H and O–H groups in total. The highest BCUT2D eigenvalue weighted by atomic mass is 79.9. The van der Waals surface area contributed by atoms with E-state index >= 15 is 0 Å². The van der Waals surface area contributed by atoms with Gasteiger partial charge in [-0.15, -0.1) is 0 Å². The summed E-state index contributed by atoms with van der Waals surface area (Å²) in [6.07, 6.45) is 0. The summed E-state index contributed by atoms with van der Waals surface area (Å²) >= 11 is 3.18. The van der Waals surface area contributed by atoms with Gasteiger partial charge in [0.1, 0.15) is 0 Å². The predicted molar refractivity (Wildman–Crippen MR) is 43.7 cm³/mol. The average molecular weight is 191 g/mol. The fraction of sp³-hybridized carbons (Fsp3) is 0.429. The molecule has 0 unspecified atom stereocenters. The molecule has 0 aromatic carbocycles. The molecule has 0 aliphatic carbocycles. The van der Waals surface area contributed by atoms with Crippen LogP contribution in [0.1, 0.15) is 6.92 Å². The van der Waals surface area contributed by atoms with Crippen LogP contribution in [0.25, 0.3) is 0 Å². The Morgan fingerprint density at radius 3 is 2.33 bits per heavy atom. The van der Waals surface area contributed by atoms with Crippen LogP contribution in [-0.2, 0) is 4.74 Å². The Hall–Kier alpha value is -0.0800. The topological polar surface area (TPSA) is 9.23 Å². The normalized spacial score (nSPS) is 9.11. The van der Waals surface area contributed by atoms with E-state index in [2.05, 4.69) is 29.1 Å². The molecule has 0 aliphatic heterocycles. The van der Waals surface area contributed by atoms with Gasteiger partial charge >= 0.3 is 0 Å². The van der Waals surface area contributed by atoms with E-state index < -0.39 is 0 Å². The Bertz CT molecular complexity index is 104. The second kappa shape index (κ2) is 4.77. The van der Waals surface area contributed by atoms with Crippen molar-refractivity contribution in [3.63, 3.8) is 0 Å². The van der Waals surface area contributed by atoms with Crippen molar-refractivity contribution in [2.75, 3.05) is 13.2 Å². The maximum Gasteiger partial charge on any atom is 0.0780 e. The third kappa shape index (κ3) is 7.92. The molecular formula is C7H11BrO. The molecule has 0 heterocycles. The van der Waals surface area contributed by atoms with Crippen molar-refractivity contribution in [1.82, 2.24) is 0 Å². The third-order valence-electron chi connectivity index (χ3n) is 0.607. The highest BCUT2D eigenvalue weighted by Gasteiger charge is 1.87. The Morgan fingerprint density at radius 1 is 1.44 bits per heavy atom. The molecule has 52 valence electrons. The van der Waals surface area contributed by atoms with Crippen LogP contribution < -0.4 is 0 Å². The molecule has 1 nitrogen and oxygen atoms in total. The average Bonchev–Trinajstić information content (AvgIpc) is 1.63. The molecule has 0 bridgehead atoms. The maximum atomic E-state index is 5.11. The van der Waals surface area contributed by atoms with Crippen molar-refractivity contribution in [2.24, 2.45) is 0 Å². The van der Waals surface area contributed by atoms with E-state index in [1.54, 1.807) is 0 Å². The van der Waals surface area contributed by atoms with Crippen LogP contribution >= 0.6 is 15.9 Å². The standard InChI is InChI=1S/C7H11BrO/c1-6(2)4-9-5-7(3)8/h1,3-5H2,2H3. The van der Waals surface area contributed by atoms with Crippen LogP contribution in [0.4, 0.5) is 0 Å². The second-order valence-corrected chi connectivity index (χ2v) is 3.09. The molecular weight excluding hydrogens is 180 g/mol. The number of halogens is 1. The van der Waals surface area contributed by atoms with Gasteiger partial charge in [-0.1, -0.05) is 34.7 Å². The monoisotopic (exact) mass is 190 g/mol. The SMILES string of the molecule is C=C(C)COCC(=C)Br. The molecule has 0 radical (unpaired) electrons. The number of rotatable bonds is 4. The smallest absolute Gasteiger partial charge is 0.0780 e. The Balaban J connectivity index is 3.10. The van der Waals surface area contributed by atoms with Gasteiger partial charge in [0, 0.05) is 4.48 Å². The second-order valence-electron chi connectivity index (χ2n) is 1.97. The van der Waals surface area contributed by atoms with Gasteiger partial charge in [-0.2, -0.15) is 0 Å². The third-order valence-corrected chi connectivity index (χ3v) is 0.836. The molecule has 0 aromatic heterocycles. The largest absolute Gasteiger partial charge is 0.372 e. The van der Waals surface area contributed by atoms with Crippen LogP contribution in [0.5, 0.6) is 0 Å². The van der Waals surface area contributed by atoms with Crippen LogP contribution in [0.3, 0.4) is 0 Å². The first kappa shape index (κ1) is 8.92. The van der Waals surface area contributed by atoms with Gasteiger partial charge in [0.15, 0.2) is 0 Å². The van der Waals surface area contributed by atoms with Gasteiger partial charge in [-0.25, -0.2) is 0 Å². The summed E-state index contributed by atoms with van der Waals surface area (Å²) in [6, 6.07) is 0. The summed E-state index contributed by atoms with van der Waals surface area (Å²) in [4.78, 5) is 0.